The number of nitrogens with zero attached hydrogens (tertiary/aromatic N) is 2. The number of benzene rings is 1. The first-order valence-corrected chi connectivity index (χ1v) is 8.73. The average molecular weight is 318 g/mol. The summed E-state index contributed by atoms with van der Waals surface area (Å²) in [6.07, 6.45) is 9.52. The van der Waals surface area contributed by atoms with Crippen molar-refractivity contribution in [3.63, 3.8) is 0 Å². The van der Waals surface area contributed by atoms with Crippen LogP contribution in [0.25, 0.3) is 0 Å². The monoisotopic (exact) mass is 317 g/mol. The molecule has 22 heavy (non-hydrogen) atoms. The van der Waals surface area contributed by atoms with Crippen LogP contribution < -0.4 is 0 Å². The molecule has 0 saturated carbocycles. The summed E-state index contributed by atoms with van der Waals surface area (Å²) in [6.45, 7) is 8.24. The van der Waals surface area contributed by atoms with Crippen molar-refractivity contribution in [2.75, 3.05) is 19.6 Å². The fraction of sp³-hybridized carbons (Fsp3) is 0.526. The zero-order chi connectivity index (χ0) is 15.6. The first kappa shape index (κ1) is 15.6. The number of hydrogen-bond donors (Lipinski definition) is 0. The minimum absolute atomic E-state index is 0.194. The van der Waals surface area contributed by atoms with E-state index in [1.54, 1.807) is 0 Å². The molecule has 3 rings (SSSR count). The molecule has 0 spiro atoms. The van der Waals surface area contributed by atoms with Gasteiger partial charge in [-0.15, -0.1) is 0 Å². The van der Waals surface area contributed by atoms with Gasteiger partial charge in [0.2, 0.25) is 0 Å². The van der Waals surface area contributed by atoms with E-state index in [0.29, 0.717) is 0 Å². The van der Waals surface area contributed by atoms with Gasteiger partial charge in [-0.1, -0.05) is 23.7 Å². The van der Waals surface area contributed by atoms with Gasteiger partial charge < -0.3 is 4.90 Å². The van der Waals surface area contributed by atoms with Crippen LogP contribution in [0.2, 0.25) is 5.02 Å². The molecule has 0 amide bonds. The van der Waals surface area contributed by atoms with Crippen LogP contribution >= 0.6 is 11.6 Å². The summed E-state index contributed by atoms with van der Waals surface area (Å²) in [6, 6.07) is 8.22. The molecule has 1 aromatic rings. The van der Waals surface area contributed by atoms with Crippen molar-refractivity contribution in [2.24, 2.45) is 0 Å². The number of halogens is 1. The highest BCUT2D eigenvalue weighted by Crippen LogP contribution is 2.27. The summed E-state index contributed by atoms with van der Waals surface area (Å²) in [5.74, 6) is 0. The molecule has 1 saturated heterocycles. The normalized spacial score (nSPS) is 20.8. The molecule has 0 aliphatic carbocycles. The Morgan fingerprint density at radius 1 is 1.14 bits per heavy atom. The van der Waals surface area contributed by atoms with Crippen LogP contribution in [-0.4, -0.2) is 40.9 Å². The van der Waals surface area contributed by atoms with Gasteiger partial charge in [0.15, 0.2) is 11.8 Å². The minimum atomic E-state index is 0.194. The number of hydrogen-bond acceptors (Lipinski definition) is 1. The third-order valence-corrected chi connectivity index (χ3v) is 5.16. The maximum atomic E-state index is 5.96. The number of rotatable bonds is 4. The average Bonchev–Trinajstić information content (AvgIpc) is 3.01. The Balaban J connectivity index is 1.67. The van der Waals surface area contributed by atoms with Crippen LogP contribution in [0.15, 0.2) is 36.0 Å². The van der Waals surface area contributed by atoms with Gasteiger partial charge in [0.1, 0.15) is 6.54 Å². The molecule has 1 aromatic carbocycles. The van der Waals surface area contributed by atoms with Gasteiger partial charge in [-0.3, -0.25) is 0 Å². The highest BCUT2D eigenvalue weighted by atomic mass is 35.5. The summed E-state index contributed by atoms with van der Waals surface area (Å²) in [5.41, 5.74) is 3.06. The quantitative estimate of drug-likeness (QED) is 0.757. The molecule has 3 heteroatoms. The predicted octanol–water partition coefficient (Wildman–Crippen LogP) is 4.13. The van der Waals surface area contributed by atoms with E-state index in [2.05, 4.69) is 47.7 Å². The summed E-state index contributed by atoms with van der Waals surface area (Å²) < 4.78 is 2.49. The van der Waals surface area contributed by atoms with Gasteiger partial charge in [-0.25, -0.2) is 4.58 Å². The maximum Gasteiger partial charge on any atom is 0.165 e. The summed E-state index contributed by atoms with van der Waals surface area (Å²) in [4.78, 5) is 2.56. The number of allylic oxidation sites excluding steroid dienone is 1. The van der Waals surface area contributed by atoms with Crippen LogP contribution in [0.4, 0.5) is 0 Å². The molecule has 0 N–H and O–H groups in total. The largest absolute Gasteiger partial charge is 0.374 e. The molecule has 2 aliphatic rings. The second-order valence-corrected chi connectivity index (χ2v) is 7.50. The van der Waals surface area contributed by atoms with Crippen molar-refractivity contribution in [1.82, 2.24) is 4.90 Å². The highest BCUT2D eigenvalue weighted by Gasteiger charge is 2.35. The first-order valence-electron chi connectivity index (χ1n) is 8.35. The van der Waals surface area contributed by atoms with Crippen molar-refractivity contribution in [1.29, 1.82) is 0 Å². The Kier molecular flexibility index (Phi) is 4.58. The third kappa shape index (κ3) is 3.55. The molecule has 2 nitrogen and oxygen atoms in total. The molecule has 0 aromatic heterocycles. The van der Waals surface area contributed by atoms with E-state index >= 15 is 0 Å². The van der Waals surface area contributed by atoms with Gasteiger partial charge in [0.25, 0.3) is 0 Å². The van der Waals surface area contributed by atoms with Crippen molar-refractivity contribution < 1.29 is 4.58 Å². The zero-order valence-electron chi connectivity index (χ0n) is 13.7. The first-order chi connectivity index (χ1) is 10.5. The summed E-state index contributed by atoms with van der Waals surface area (Å²) in [5, 5.41) is 0.812. The van der Waals surface area contributed by atoms with E-state index in [9.17, 15) is 0 Å². The molecule has 2 aliphatic heterocycles. The van der Waals surface area contributed by atoms with Gasteiger partial charge in [-0.2, -0.15) is 0 Å². The van der Waals surface area contributed by atoms with Crippen molar-refractivity contribution in [3.05, 3.63) is 46.6 Å². The Labute approximate surface area is 139 Å². The zero-order valence-corrected chi connectivity index (χ0v) is 14.4. The SMILES string of the molecule is CC1(C)CC(N2CCCC2)=CC=[N+]1CCc1ccc(Cl)cc1. The lowest BCUT2D eigenvalue weighted by atomic mass is 9.93. The predicted molar refractivity (Wildman–Crippen MR) is 93.9 cm³/mol. The highest BCUT2D eigenvalue weighted by molar-refractivity contribution is 6.30. The third-order valence-electron chi connectivity index (χ3n) is 4.90. The molecule has 0 radical (unpaired) electrons. The topological polar surface area (TPSA) is 6.25 Å². The smallest absolute Gasteiger partial charge is 0.165 e. The van der Waals surface area contributed by atoms with E-state index in [0.717, 1.165) is 24.4 Å². The van der Waals surface area contributed by atoms with Crippen LogP contribution in [-0.2, 0) is 6.42 Å². The Bertz CT molecular complexity index is 578. The second-order valence-electron chi connectivity index (χ2n) is 7.06. The molecule has 118 valence electrons. The lowest BCUT2D eigenvalue weighted by Crippen LogP contribution is -2.42. The Morgan fingerprint density at radius 2 is 1.82 bits per heavy atom. The molecule has 0 bridgehead atoms. The standard InChI is InChI=1S/C19H26ClN2/c1-19(2)15-18(21-11-3-4-12-21)10-14-22(19)13-9-16-5-7-17(20)8-6-16/h5-8,10,14H,3-4,9,11-13,15H2,1-2H3/q+1. The minimum Gasteiger partial charge on any atom is -0.374 e. The van der Waals surface area contributed by atoms with E-state index in [1.807, 2.05) is 12.1 Å². The summed E-state index contributed by atoms with van der Waals surface area (Å²) in [7, 11) is 0. The molecule has 2 heterocycles. The van der Waals surface area contributed by atoms with E-state index in [1.165, 1.54) is 37.2 Å². The van der Waals surface area contributed by atoms with Gasteiger partial charge in [-0.05, 0) is 30.5 Å². The van der Waals surface area contributed by atoms with Gasteiger partial charge >= 0.3 is 0 Å². The molecular formula is C19H26ClN2+. The Morgan fingerprint density at radius 3 is 2.45 bits per heavy atom. The van der Waals surface area contributed by atoms with Crippen LogP contribution in [0, 0.1) is 0 Å². The van der Waals surface area contributed by atoms with Crippen molar-refractivity contribution in [2.45, 2.75) is 45.1 Å². The molecule has 0 unspecified atom stereocenters. The Hall–Kier alpha value is -1.28. The molecular weight excluding hydrogens is 292 g/mol. The lowest BCUT2D eigenvalue weighted by molar-refractivity contribution is -0.597. The second kappa shape index (κ2) is 6.45. The van der Waals surface area contributed by atoms with E-state index in [4.69, 9.17) is 11.6 Å². The van der Waals surface area contributed by atoms with Crippen LogP contribution in [0.1, 0.15) is 38.7 Å². The van der Waals surface area contributed by atoms with Crippen molar-refractivity contribution in [3.8, 4) is 0 Å². The van der Waals surface area contributed by atoms with Crippen LogP contribution in [0.5, 0.6) is 0 Å². The maximum absolute atomic E-state index is 5.96. The fourth-order valence-electron chi connectivity index (χ4n) is 3.48. The molecule has 0 atom stereocenters. The van der Waals surface area contributed by atoms with Crippen molar-refractivity contribution >= 4 is 17.8 Å². The number of likely N-dealkylation sites (tertiary alicyclic amines) is 1. The van der Waals surface area contributed by atoms with Gasteiger partial charge in [0, 0.05) is 50.2 Å². The lowest BCUT2D eigenvalue weighted by Gasteiger charge is -2.31. The fourth-order valence-corrected chi connectivity index (χ4v) is 3.61. The van der Waals surface area contributed by atoms with Crippen LogP contribution in [0.3, 0.4) is 0 Å². The summed E-state index contributed by atoms with van der Waals surface area (Å²) >= 11 is 5.96. The van der Waals surface area contributed by atoms with E-state index < -0.39 is 0 Å². The molecule has 1 fully saturated rings. The van der Waals surface area contributed by atoms with Gasteiger partial charge in [0.05, 0.1) is 6.42 Å². The van der Waals surface area contributed by atoms with E-state index in [-0.39, 0.29) is 5.54 Å².